The maximum atomic E-state index is 11.1. The van der Waals surface area contributed by atoms with E-state index in [1.807, 2.05) is 38.1 Å². The van der Waals surface area contributed by atoms with E-state index in [9.17, 15) is 8.42 Å². The summed E-state index contributed by atoms with van der Waals surface area (Å²) in [6.07, 6.45) is 1.66. The standard InChI is InChI=1S/C14H23NO4S/c1-3-9-18-13-5-7-14(8-6-13)19-10-12(4-2)11-20(15,16)17/h5-8,12H,3-4,9-11H2,1-2H3,(H2,15,16,17). The first-order chi connectivity index (χ1) is 9.44. The zero-order valence-electron chi connectivity index (χ0n) is 12.0. The van der Waals surface area contributed by atoms with Crippen LogP contribution in [0.3, 0.4) is 0 Å². The van der Waals surface area contributed by atoms with E-state index in [-0.39, 0.29) is 11.7 Å². The predicted octanol–water partition coefficient (Wildman–Crippen LogP) is 2.17. The predicted molar refractivity (Wildman–Crippen MR) is 79.5 cm³/mol. The molecule has 1 unspecified atom stereocenters. The monoisotopic (exact) mass is 301 g/mol. The molecule has 1 rings (SSSR count). The van der Waals surface area contributed by atoms with Crippen molar-refractivity contribution in [1.29, 1.82) is 0 Å². The van der Waals surface area contributed by atoms with Crippen molar-refractivity contribution in [1.82, 2.24) is 0 Å². The van der Waals surface area contributed by atoms with Crippen LogP contribution in [-0.2, 0) is 10.0 Å². The van der Waals surface area contributed by atoms with Gasteiger partial charge >= 0.3 is 0 Å². The lowest BCUT2D eigenvalue weighted by Crippen LogP contribution is -2.26. The van der Waals surface area contributed by atoms with Gasteiger partial charge in [-0.1, -0.05) is 13.8 Å². The molecule has 0 spiro atoms. The van der Waals surface area contributed by atoms with Gasteiger partial charge in [0.15, 0.2) is 0 Å². The molecule has 0 amide bonds. The summed E-state index contributed by atoms with van der Waals surface area (Å²) in [7, 11) is -3.46. The van der Waals surface area contributed by atoms with Gasteiger partial charge in [0.1, 0.15) is 11.5 Å². The van der Waals surface area contributed by atoms with Gasteiger partial charge in [0.05, 0.1) is 19.0 Å². The molecule has 2 N–H and O–H groups in total. The summed E-state index contributed by atoms with van der Waals surface area (Å²) in [5.74, 6) is 1.35. The second-order valence-corrected chi connectivity index (χ2v) is 6.39. The van der Waals surface area contributed by atoms with E-state index in [1.165, 1.54) is 0 Å². The van der Waals surface area contributed by atoms with Crippen molar-refractivity contribution in [3.8, 4) is 11.5 Å². The number of sulfonamides is 1. The van der Waals surface area contributed by atoms with Crippen molar-refractivity contribution in [3.05, 3.63) is 24.3 Å². The Kier molecular flexibility index (Phi) is 6.81. The van der Waals surface area contributed by atoms with E-state index in [1.54, 1.807) is 0 Å². The fraction of sp³-hybridized carbons (Fsp3) is 0.571. The fourth-order valence-corrected chi connectivity index (χ4v) is 2.67. The molecule has 114 valence electrons. The Morgan fingerprint density at radius 3 is 2.10 bits per heavy atom. The molecule has 1 atom stereocenters. The average molecular weight is 301 g/mol. The minimum atomic E-state index is -3.46. The van der Waals surface area contributed by atoms with E-state index < -0.39 is 10.0 Å². The number of benzene rings is 1. The molecule has 1 aromatic carbocycles. The summed E-state index contributed by atoms with van der Waals surface area (Å²) >= 11 is 0. The highest BCUT2D eigenvalue weighted by atomic mass is 32.2. The first-order valence-corrected chi connectivity index (χ1v) is 8.52. The maximum absolute atomic E-state index is 11.1. The third-order valence-electron chi connectivity index (χ3n) is 2.83. The van der Waals surface area contributed by atoms with Crippen molar-refractivity contribution in [3.63, 3.8) is 0 Å². The summed E-state index contributed by atoms with van der Waals surface area (Å²) in [4.78, 5) is 0. The second-order valence-electron chi connectivity index (χ2n) is 4.73. The van der Waals surface area contributed by atoms with Crippen LogP contribution in [0.2, 0.25) is 0 Å². The Hall–Kier alpha value is -1.27. The summed E-state index contributed by atoms with van der Waals surface area (Å²) < 4.78 is 33.2. The number of hydrogen-bond donors (Lipinski definition) is 1. The van der Waals surface area contributed by atoms with Crippen molar-refractivity contribution >= 4 is 10.0 Å². The highest BCUT2D eigenvalue weighted by molar-refractivity contribution is 7.89. The van der Waals surface area contributed by atoms with E-state index in [0.717, 1.165) is 12.2 Å². The first kappa shape index (κ1) is 16.8. The third-order valence-corrected chi connectivity index (χ3v) is 3.76. The van der Waals surface area contributed by atoms with Gasteiger partial charge < -0.3 is 9.47 Å². The van der Waals surface area contributed by atoms with Gasteiger partial charge in [-0.2, -0.15) is 0 Å². The zero-order chi connectivity index (χ0) is 15.0. The molecule has 5 nitrogen and oxygen atoms in total. The normalized spacial score (nSPS) is 12.9. The molecule has 6 heteroatoms. The molecule has 1 aromatic rings. The number of primary sulfonamides is 1. The van der Waals surface area contributed by atoms with Crippen LogP contribution < -0.4 is 14.6 Å². The molecule has 0 radical (unpaired) electrons. The SMILES string of the molecule is CCCOc1ccc(OCC(CC)CS(N)(=O)=O)cc1. The molecule has 0 heterocycles. The molecule has 0 aromatic heterocycles. The molecular weight excluding hydrogens is 278 g/mol. The van der Waals surface area contributed by atoms with Gasteiger partial charge in [0, 0.05) is 5.92 Å². The molecule has 0 bridgehead atoms. The quantitative estimate of drug-likeness (QED) is 0.758. The number of ether oxygens (including phenoxy) is 2. The lowest BCUT2D eigenvalue weighted by molar-refractivity contribution is 0.256. The maximum Gasteiger partial charge on any atom is 0.209 e. The Morgan fingerprint density at radius 2 is 1.65 bits per heavy atom. The van der Waals surface area contributed by atoms with Crippen LogP contribution in [0, 0.1) is 5.92 Å². The fourth-order valence-electron chi connectivity index (χ4n) is 1.68. The van der Waals surface area contributed by atoms with Crippen LogP contribution in [0.25, 0.3) is 0 Å². The van der Waals surface area contributed by atoms with Gasteiger partial charge in [-0.15, -0.1) is 0 Å². The van der Waals surface area contributed by atoms with E-state index in [4.69, 9.17) is 14.6 Å². The lowest BCUT2D eigenvalue weighted by atomic mass is 10.1. The summed E-state index contributed by atoms with van der Waals surface area (Å²) in [5.41, 5.74) is 0. The van der Waals surface area contributed by atoms with E-state index in [0.29, 0.717) is 25.4 Å². The van der Waals surface area contributed by atoms with Crippen molar-refractivity contribution in [2.24, 2.45) is 11.1 Å². The second kappa shape index (κ2) is 8.11. The molecule has 0 saturated carbocycles. The smallest absolute Gasteiger partial charge is 0.209 e. The molecular formula is C14H23NO4S. The van der Waals surface area contributed by atoms with Gasteiger partial charge in [-0.05, 0) is 37.1 Å². The molecule has 0 saturated heterocycles. The summed E-state index contributed by atoms with van der Waals surface area (Å²) in [6, 6.07) is 7.31. The number of rotatable bonds is 9. The van der Waals surface area contributed by atoms with E-state index in [2.05, 4.69) is 0 Å². The number of hydrogen-bond acceptors (Lipinski definition) is 4. The average Bonchev–Trinajstić information content (AvgIpc) is 2.41. The Morgan fingerprint density at radius 1 is 1.10 bits per heavy atom. The highest BCUT2D eigenvalue weighted by Gasteiger charge is 2.14. The molecule has 20 heavy (non-hydrogen) atoms. The van der Waals surface area contributed by atoms with Gasteiger partial charge in [-0.3, -0.25) is 0 Å². The van der Waals surface area contributed by atoms with E-state index >= 15 is 0 Å². The van der Waals surface area contributed by atoms with Crippen LogP contribution >= 0.6 is 0 Å². The van der Waals surface area contributed by atoms with Crippen molar-refractivity contribution < 1.29 is 17.9 Å². The summed E-state index contributed by atoms with van der Waals surface area (Å²) in [6.45, 7) is 4.99. The Labute approximate surface area is 121 Å². The van der Waals surface area contributed by atoms with Crippen molar-refractivity contribution in [2.45, 2.75) is 26.7 Å². The summed E-state index contributed by atoms with van der Waals surface area (Å²) in [5, 5.41) is 5.05. The van der Waals surface area contributed by atoms with Gasteiger partial charge in [0.2, 0.25) is 10.0 Å². The molecule has 0 aliphatic rings. The first-order valence-electron chi connectivity index (χ1n) is 6.80. The third kappa shape index (κ3) is 6.77. The molecule has 0 fully saturated rings. The van der Waals surface area contributed by atoms with Crippen LogP contribution in [0.15, 0.2) is 24.3 Å². The Bertz CT molecular complexity index is 484. The minimum absolute atomic E-state index is 0.0544. The van der Waals surface area contributed by atoms with Crippen LogP contribution in [0.5, 0.6) is 11.5 Å². The van der Waals surface area contributed by atoms with Gasteiger partial charge in [0.25, 0.3) is 0 Å². The van der Waals surface area contributed by atoms with Gasteiger partial charge in [-0.25, -0.2) is 13.6 Å². The van der Waals surface area contributed by atoms with Crippen molar-refractivity contribution in [2.75, 3.05) is 19.0 Å². The molecule has 0 aliphatic carbocycles. The molecule has 0 aliphatic heterocycles. The topological polar surface area (TPSA) is 78.6 Å². The lowest BCUT2D eigenvalue weighted by Gasteiger charge is -2.15. The van der Waals surface area contributed by atoms with Crippen LogP contribution in [0.4, 0.5) is 0 Å². The largest absolute Gasteiger partial charge is 0.494 e. The van der Waals surface area contributed by atoms with Crippen LogP contribution in [-0.4, -0.2) is 27.4 Å². The minimum Gasteiger partial charge on any atom is -0.494 e. The van der Waals surface area contributed by atoms with Crippen LogP contribution in [0.1, 0.15) is 26.7 Å². The zero-order valence-corrected chi connectivity index (χ0v) is 12.9. The Balaban J connectivity index is 2.47. The highest BCUT2D eigenvalue weighted by Crippen LogP contribution is 2.19. The number of nitrogens with two attached hydrogens (primary N) is 1.